The van der Waals surface area contributed by atoms with Crippen LogP contribution >= 0.6 is 0 Å². The molecule has 128 valence electrons. The van der Waals surface area contributed by atoms with E-state index in [1.807, 2.05) is 0 Å². The molecule has 2 heteroatoms. The van der Waals surface area contributed by atoms with E-state index in [1.54, 1.807) is 26.0 Å². The van der Waals surface area contributed by atoms with E-state index in [-0.39, 0.29) is 0 Å². The van der Waals surface area contributed by atoms with Crippen LogP contribution in [0.25, 0.3) is 0 Å². The zero-order chi connectivity index (χ0) is 17.8. The highest BCUT2D eigenvalue weighted by Gasteiger charge is 2.13. The van der Waals surface area contributed by atoms with E-state index in [0.29, 0.717) is 0 Å². The first-order chi connectivity index (χ1) is 9.95. The number of hydrogen-bond donors (Lipinski definition) is 2. The molecule has 0 saturated heterocycles. The van der Waals surface area contributed by atoms with Crippen LogP contribution < -0.4 is 0 Å². The Morgan fingerprint density at radius 2 is 1.05 bits per heavy atom. The maximum Gasteiger partial charge on any atom is 0.0800 e. The second-order valence-corrected chi connectivity index (χ2v) is 6.76. The van der Waals surface area contributed by atoms with Gasteiger partial charge in [-0.25, -0.2) is 0 Å². The monoisotopic (exact) mass is 308 g/mol. The molecule has 0 fully saturated rings. The summed E-state index contributed by atoms with van der Waals surface area (Å²) in [5.74, 6) is 0. The molecule has 0 aliphatic heterocycles. The average molecular weight is 309 g/mol. The van der Waals surface area contributed by atoms with E-state index < -0.39 is 11.2 Å². The Labute approximate surface area is 138 Å². The van der Waals surface area contributed by atoms with E-state index in [2.05, 4.69) is 53.0 Å². The summed E-state index contributed by atoms with van der Waals surface area (Å²) < 4.78 is 0. The fraction of sp³-hybridized carbons (Fsp3) is 0.600. The average Bonchev–Trinajstić information content (AvgIpc) is 2.38. The van der Waals surface area contributed by atoms with Crippen molar-refractivity contribution >= 4 is 0 Å². The highest BCUT2D eigenvalue weighted by Crippen LogP contribution is 2.14. The topological polar surface area (TPSA) is 40.5 Å². The lowest BCUT2D eigenvalue weighted by molar-refractivity contribution is 0.103. The Kier molecular flexibility index (Phi) is 12.0. The third-order valence-electron chi connectivity index (χ3n) is 3.29. The molecular formula is C20H36O2. The van der Waals surface area contributed by atoms with Crippen LogP contribution in [0.4, 0.5) is 0 Å². The SMILES string of the molecule is C=C[C@@](C)(O)CCC=C(C)C.C=C[C@](C)(O)CCC=C(C)C. The summed E-state index contributed by atoms with van der Waals surface area (Å²) in [6, 6.07) is 0. The number of hydrogen-bond acceptors (Lipinski definition) is 2. The van der Waals surface area contributed by atoms with Crippen molar-refractivity contribution < 1.29 is 10.2 Å². The first-order valence-corrected chi connectivity index (χ1v) is 7.94. The van der Waals surface area contributed by atoms with Gasteiger partial charge in [0, 0.05) is 0 Å². The van der Waals surface area contributed by atoms with Crippen LogP contribution in [-0.2, 0) is 0 Å². The quantitative estimate of drug-likeness (QED) is 0.594. The molecule has 0 heterocycles. The van der Waals surface area contributed by atoms with Gasteiger partial charge in [0.2, 0.25) is 0 Å². The molecule has 0 aromatic rings. The van der Waals surface area contributed by atoms with Gasteiger partial charge in [0.25, 0.3) is 0 Å². The summed E-state index contributed by atoms with van der Waals surface area (Å²) >= 11 is 0. The van der Waals surface area contributed by atoms with E-state index in [9.17, 15) is 10.2 Å². The molecule has 0 aliphatic rings. The Balaban J connectivity index is 0. The fourth-order valence-electron chi connectivity index (χ4n) is 1.51. The number of aliphatic hydroxyl groups is 2. The third-order valence-corrected chi connectivity index (χ3v) is 3.29. The molecule has 0 spiro atoms. The summed E-state index contributed by atoms with van der Waals surface area (Å²) in [5, 5.41) is 19.0. The van der Waals surface area contributed by atoms with Crippen LogP contribution in [-0.4, -0.2) is 21.4 Å². The minimum atomic E-state index is -0.702. The van der Waals surface area contributed by atoms with Crippen LogP contribution in [0.2, 0.25) is 0 Å². The van der Waals surface area contributed by atoms with Gasteiger partial charge in [-0.05, 0) is 67.2 Å². The molecule has 0 rings (SSSR count). The molecular weight excluding hydrogens is 272 g/mol. The van der Waals surface area contributed by atoms with Gasteiger partial charge in [-0.3, -0.25) is 0 Å². The Morgan fingerprint density at radius 1 is 0.773 bits per heavy atom. The molecule has 0 aromatic heterocycles. The lowest BCUT2D eigenvalue weighted by atomic mass is 10.00. The molecule has 0 aromatic carbocycles. The summed E-state index contributed by atoms with van der Waals surface area (Å²) in [5.41, 5.74) is 1.19. The van der Waals surface area contributed by atoms with Crippen molar-refractivity contribution in [1.29, 1.82) is 0 Å². The standard InChI is InChI=1S/2C10H18O/c2*1-5-10(4,11)8-6-7-9(2)3/h2*5,7,11H,1,6,8H2,2-4H3/t2*10-/m10/s1. The molecule has 0 saturated carbocycles. The summed E-state index contributed by atoms with van der Waals surface area (Å²) in [4.78, 5) is 0. The Morgan fingerprint density at radius 3 is 1.23 bits per heavy atom. The minimum absolute atomic E-state index is 0.702. The highest BCUT2D eigenvalue weighted by molar-refractivity contribution is 4.98. The summed E-state index contributed by atoms with van der Waals surface area (Å²) in [7, 11) is 0. The second kappa shape index (κ2) is 11.4. The number of allylic oxidation sites excluding steroid dienone is 4. The Bertz CT molecular complexity index is 339. The van der Waals surface area contributed by atoms with Gasteiger partial charge >= 0.3 is 0 Å². The van der Waals surface area contributed by atoms with Gasteiger partial charge in [0.15, 0.2) is 0 Å². The van der Waals surface area contributed by atoms with Crippen LogP contribution in [0, 0.1) is 0 Å². The van der Waals surface area contributed by atoms with Gasteiger partial charge in [0.1, 0.15) is 0 Å². The molecule has 0 amide bonds. The van der Waals surface area contributed by atoms with Crippen molar-refractivity contribution in [2.75, 3.05) is 0 Å². The van der Waals surface area contributed by atoms with Crippen LogP contribution in [0.15, 0.2) is 48.6 Å². The normalized spacial score (nSPS) is 15.3. The zero-order valence-electron chi connectivity index (χ0n) is 15.4. The summed E-state index contributed by atoms with van der Waals surface area (Å²) in [6.07, 6.45) is 10.8. The molecule has 0 bridgehead atoms. The third kappa shape index (κ3) is 16.9. The van der Waals surface area contributed by atoms with Crippen LogP contribution in [0.3, 0.4) is 0 Å². The molecule has 22 heavy (non-hydrogen) atoms. The Hall–Kier alpha value is -1.12. The molecule has 0 radical (unpaired) electrons. The predicted octanol–water partition coefficient (Wildman–Crippen LogP) is 5.34. The fourth-order valence-corrected chi connectivity index (χ4v) is 1.51. The van der Waals surface area contributed by atoms with Crippen molar-refractivity contribution in [3.05, 3.63) is 48.6 Å². The van der Waals surface area contributed by atoms with Gasteiger partial charge in [-0.1, -0.05) is 35.5 Å². The van der Waals surface area contributed by atoms with Gasteiger partial charge in [0.05, 0.1) is 11.2 Å². The molecule has 0 unspecified atom stereocenters. The second-order valence-electron chi connectivity index (χ2n) is 6.76. The molecule has 2 N–H and O–H groups in total. The lowest BCUT2D eigenvalue weighted by Gasteiger charge is -2.16. The van der Waals surface area contributed by atoms with Crippen LogP contribution in [0.1, 0.15) is 67.2 Å². The largest absolute Gasteiger partial charge is 0.386 e. The first kappa shape index (κ1) is 23.2. The molecule has 0 aliphatic carbocycles. The van der Waals surface area contributed by atoms with Crippen molar-refractivity contribution in [2.45, 2.75) is 78.4 Å². The van der Waals surface area contributed by atoms with Gasteiger partial charge in [-0.2, -0.15) is 0 Å². The van der Waals surface area contributed by atoms with Gasteiger partial charge in [-0.15, -0.1) is 13.2 Å². The van der Waals surface area contributed by atoms with Gasteiger partial charge < -0.3 is 10.2 Å². The number of rotatable bonds is 8. The van der Waals surface area contributed by atoms with E-state index >= 15 is 0 Å². The maximum atomic E-state index is 9.49. The van der Waals surface area contributed by atoms with E-state index in [1.165, 1.54) is 11.1 Å². The predicted molar refractivity (Wildman–Crippen MR) is 99.0 cm³/mol. The smallest absolute Gasteiger partial charge is 0.0800 e. The van der Waals surface area contributed by atoms with Crippen molar-refractivity contribution in [3.8, 4) is 0 Å². The molecule has 2 nitrogen and oxygen atoms in total. The highest BCUT2D eigenvalue weighted by atomic mass is 16.3. The lowest BCUT2D eigenvalue weighted by Crippen LogP contribution is -2.19. The summed E-state index contributed by atoms with van der Waals surface area (Å²) in [6.45, 7) is 18.9. The van der Waals surface area contributed by atoms with E-state index in [0.717, 1.165) is 25.7 Å². The minimum Gasteiger partial charge on any atom is -0.386 e. The zero-order valence-corrected chi connectivity index (χ0v) is 15.4. The van der Waals surface area contributed by atoms with Crippen molar-refractivity contribution in [1.82, 2.24) is 0 Å². The van der Waals surface area contributed by atoms with Crippen LogP contribution in [0.5, 0.6) is 0 Å². The maximum absolute atomic E-state index is 9.49. The molecule has 2 atom stereocenters. The van der Waals surface area contributed by atoms with Crippen molar-refractivity contribution in [3.63, 3.8) is 0 Å². The first-order valence-electron chi connectivity index (χ1n) is 7.94. The van der Waals surface area contributed by atoms with E-state index in [4.69, 9.17) is 0 Å². The van der Waals surface area contributed by atoms with Crippen molar-refractivity contribution in [2.24, 2.45) is 0 Å².